The molecule has 0 saturated heterocycles. The quantitative estimate of drug-likeness (QED) is 0.513. The van der Waals surface area contributed by atoms with Crippen LogP contribution in [0.4, 0.5) is 5.69 Å². The number of hydrogen-bond acceptors (Lipinski definition) is 4. The largest absolute Gasteiger partial charge is 0.446 e. The van der Waals surface area contributed by atoms with Crippen LogP contribution in [0, 0.1) is 6.07 Å². The van der Waals surface area contributed by atoms with E-state index in [1.165, 1.54) is 12.1 Å². The number of para-hydroxylation sites is 1. The minimum atomic E-state index is -4.51. The molecule has 5 nitrogen and oxygen atoms in total. The summed E-state index contributed by atoms with van der Waals surface area (Å²) in [6.45, 7) is 0. The van der Waals surface area contributed by atoms with Crippen molar-refractivity contribution in [1.82, 2.24) is 0 Å². The van der Waals surface area contributed by atoms with Crippen molar-refractivity contribution in [3.05, 3.63) is 24.3 Å². The number of hydrogen-bond donors (Lipinski definition) is 2. The van der Waals surface area contributed by atoms with Gasteiger partial charge in [-0.1, -0.05) is 12.1 Å². The number of benzene rings is 1. The van der Waals surface area contributed by atoms with Gasteiger partial charge in [-0.25, -0.2) is 0 Å². The van der Waals surface area contributed by atoms with E-state index in [4.69, 9.17) is 10.3 Å². The van der Waals surface area contributed by atoms with Crippen LogP contribution in [-0.2, 0) is 10.4 Å². The Bertz CT molecular complexity index is 373. The predicted octanol–water partition coefficient (Wildman–Crippen LogP) is 0.251. The van der Waals surface area contributed by atoms with Gasteiger partial charge in [-0.05, 0) is 6.07 Å². The average molecular weight is 188 g/mol. The second-order valence-electron chi connectivity index (χ2n) is 1.97. The summed E-state index contributed by atoms with van der Waals surface area (Å²) in [5, 5.41) is 0. The Balaban J connectivity index is 2.98. The van der Waals surface area contributed by atoms with Gasteiger partial charge in [0.15, 0.2) is 5.75 Å². The van der Waals surface area contributed by atoms with Crippen molar-refractivity contribution in [1.29, 1.82) is 0 Å². The zero-order chi connectivity index (χ0) is 9.19. The minimum Gasteiger partial charge on any atom is -0.396 e. The first kappa shape index (κ1) is 8.82. The molecule has 0 fully saturated rings. The van der Waals surface area contributed by atoms with Crippen LogP contribution in [0.25, 0.3) is 0 Å². The Morgan fingerprint density at radius 3 is 2.75 bits per heavy atom. The third-order valence-corrected chi connectivity index (χ3v) is 1.41. The van der Waals surface area contributed by atoms with Crippen molar-refractivity contribution in [3.63, 3.8) is 0 Å². The summed E-state index contributed by atoms with van der Waals surface area (Å²) in [5.74, 6) is -0.208. The van der Waals surface area contributed by atoms with E-state index >= 15 is 0 Å². The molecule has 0 heterocycles. The monoisotopic (exact) mass is 188 g/mol. The molecule has 6 heteroatoms. The Kier molecular flexibility index (Phi) is 2.20. The highest BCUT2D eigenvalue weighted by Gasteiger charge is 2.08. The average Bonchev–Trinajstić information content (AvgIpc) is 1.91. The zero-order valence-electron chi connectivity index (χ0n) is 5.89. The topological polar surface area (TPSA) is 89.6 Å². The highest BCUT2D eigenvalue weighted by molar-refractivity contribution is 7.81. The zero-order valence-corrected chi connectivity index (χ0v) is 6.71. The summed E-state index contributed by atoms with van der Waals surface area (Å²) in [4.78, 5) is 0. The molecule has 12 heavy (non-hydrogen) atoms. The maximum atomic E-state index is 10.2. The number of anilines is 1. The van der Waals surface area contributed by atoms with E-state index in [9.17, 15) is 8.42 Å². The fourth-order valence-electron chi connectivity index (χ4n) is 0.612. The summed E-state index contributed by atoms with van der Waals surface area (Å²) in [7, 11) is -4.51. The minimum absolute atomic E-state index is 0.0927. The lowest BCUT2D eigenvalue weighted by Crippen LogP contribution is -2.08. The number of nitrogen functional groups attached to an aromatic ring is 1. The van der Waals surface area contributed by atoms with Crippen LogP contribution in [-0.4, -0.2) is 13.0 Å². The van der Waals surface area contributed by atoms with Gasteiger partial charge >= 0.3 is 10.4 Å². The molecule has 0 bridgehead atoms. The van der Waals surface area contributed by atoms with Crippen LogP contribution in [0.1, 0.15) is 0 Å². The normalized spacial score (nSPS) is 11.1. The fourth-order valence-corrected chi connectivity index (χ4v) is 0.967. The Morgan fingerprint density at radius 2 is 2.25 bits per heavy atom. The summed E-state index contributed by atoms with van der Waals surface area (Å²) in [6, 6.07) is 6.81. The second-order valence-corrected chi connectivity index (χ2v) is 2.99. The highest BCUT2D eigenvalue weighted by atomic mass is 32.3. The van der Waals surface area contributed by atoms with Crippen molar-refractivity contribution in [2.45, 2.75) is 0 Å². The van der Waals surface area contributed by atoms with Gasteiger partial charge in [-0.15, -0.1) is 0 Å². The van der Waals surface area contributed by atoms with Gasteiger partial charge in [0.2, 0.25) is 0 Å². The van der Waals surface area contributed by atoms with Crippen LogP contribution in [0.15, 0.2) is 18.2 Å². The van der Waals surface area contributed by atoms with Crippen molar-refractivity contribution in [3.8, 4) is 5.75 Å². The van der Waals surface area contributed by atoms with Crippen molar-refractivity contribution < 1.29 is 17.2 Å². The fraction of sp³-hybridized carbons (Fsp3) is 0. The molecule has 1 radical (unpaired) electrons. The van der Waals surface area contributed by atoms with Crippen molar-refractivity contribution >= 4 is 16.1 Å². The molecule has 0 aliphatic carbocycles. The number of rotatable bonds is 2. The molecular formula is C6H6NO4S. The third kappa shape index (κ3) is 2.40. The summed E-state index contributed by atoms with van der Waals surface area (Å²) in [6.07, 6.45) is 0. The van der Waals surface area contributed by atoms with Crippen LogP contribution in [0.3, 0.4) is 0 Å². The molecule has 0 aromatic heterocycles. The van der Waals surface area contributed by atoms with E-state index in [1.54, 1.807) is 6.07 Å². The first-order chi connectivity index (χ1) is 5.49. The van der Waals surface area contributed by atoms with Crippen LogP contribution < -0.4 is 9.92 Å². The molecule has 0 unspecified atom stereocenters. The molecular weight excluding hydrogens is 182 g/mol. The number of nitrogens with two attached hydrogens (primary N) is 1. The summed E-state index contributed by atoms with van der Waals surface area (Å²) in [5.41, 5.74) is 5.39. The predicted molar refractivity (Wildman–Crippen MR) is 41.9 cm³/mol. The maximum Gasteiger partial charge on any atom is 0.446 e. The van der Waals surface area contributed by atoms with Crippen LogP contribution >= 0.6 is 0 Å². The van der Waals surface area contributed by atoms with Crippen LogP contribution in [0.2, 0.25) is 0 Å². The molecule has 3 N–H and O–H groups in total. The smallest absolute Gasteiger partial charge is 0.396 e. The maximum absolute atomic E-state index is 10.2. The Labute approximate surface area is 69.7 Å². The van der Waals surface area contributed by atoms with Gasteiger partial charge in [0.25, 0.3) is 0 Å². The SMILES string of the molecule is Nc1ccc[c]c1OS(=O)(=O)O. The van der Waals surface area contributed by atoms with E-state index in [2.05, 4.69) is 10.2 Å². The van der Waals surface area contributed by atoms with Gasteiger partial charge in [-0.2, -0.15) is 8.42 Å². The third-order valence-electron chi connectivity index (χ3n) is 1.04. The van der Waals surface area contributed by atoms with E-state index in [1.807, 2.05) is 0 Å². The van der Waals surface area contributed by atoms with E-state index in [0.29, 0.717) is 0 Å². The Morgan fingerprint density at radius 1 is 1.58 bits per heavy atom. The molecule has 1 aromatic carbocycles. The van der Waals surface area contributed by atoms with Gasteiger partial charge in [0, 0.05) is 6.07 Å². The molecule has 65 valence electrons. The van der Waals surface area contributed by atoms with Gasteiger partial charge in [0.1, 0.15) is 0 Å². The van der Waals surface area contributed by atoms with E-state index in [-0.39, 0.29) is 11.4 Å². The lowest BCUT2D eigenvalue weighted by atomic mass is 10.3. The molecule has 0 aliphatic heterocycles. The summed E-state index contributed by atoms with van der Waals surface area (Å²) < 4.78 is 32.8. The van der Waals surface area contributed by atoms with Gasteiger partial charge in [0.05, 0.1) is 5.69 Å². The summed E-state index contributed by atoms with van der Waals surface area (Å²) >= 11 is 0. The highest BCUT2D eigenvalue weighted by Crippen LogP contribution is 2.19. The molecule has 0 saturated carbocycles. The molecule has 1 aromatic rings. The van der Waals surface area contributed by atoms with Crippen molar-refractivity contribution in [2.75, 3.05) is 5.73 Å². The van der Waals surface area contributed by atoms with Gasteiger partial charge < -0.3 is 9.92 Å². The first-order valence-electron chi connectivity index (χ1n) is 2.92. The van der Waals surface area contributed by atoms with Gasteiger partial charge in [-0.3, -0.25) is 4.55 Å². The Hall–Kier alpha value is -1.27. The molecule has 0 amide bonds. The van der Waals surface area contributed by atoms with Crippen LogP contribution in [0.5, 0.6) is 5.75 Å². The van der Waals surface area contributed by atoms with E-state index in [0.717, 1.165) is 0 Å². The second kappa shape index (κ2) is 3.00. The van der Waals surface area contributed by atoms with Crippen molar-refractivity contribution in [2.24, 2.45) is 0 Å². The lowest BCUT2D eigenvalue weighted by molar-refractivity contribution is 0.387. The lowest BCUT2D eigenvalue weighted by Gasteiger charge is -2.02. The van der Waals surface area contributed by atoms with E-state index < -0.39 is 10.4 Å². The standard InChI is InChI=1S/C6H6NO4S/c7-5-3-1-2-4-6(5)11-12(8,9)10/h1-3H,7H2,(H,8,9,10). The molecule has 1 rings (SSSR count). The molecule has 0 aliphatic rings. The molecule has 0 spiro atoms. The molecule has 0 atom stereocenters. The first-order valence-corrected chi connectivity index (χ1v) is 4.28.